The number of ether oxygens (including phenoxy) is 1. The summed E-state index contributed by atoms with van der Waals surface area (Å²) >= 11 is 0. The zero-order valence-electron chi connectivity index (χ0n) is 11.6. The van der Waals surface area contributed by atoms with E-state index in [0.29, 0.717) is 11.3 Å². The quantitative estimate of drug-likeness (QED) is 0.878. The fraction of sp³-hybridized carbons (Fsp3) is 0.125. The van der Waals surface area contributed by atoms with Crippen LogP contribution in [0.4, 0.5) is 10.1 Å². The first-order chi connectivity index (χ1) is 10.0. The van der Waals surface area contributed by atoms with E-state index < -0.39 is 11.7 Å². The molecule has 0 atom stereocenters. The minimum absolute atomic E-state index is 0.0881. The van der Waals surface area contributed by atoms with E-state index in [-0.39, 0.29) is 17.0 Å². The monoisotopic (exact) mass is 287 g/mol. The maximum absolute atomic E-state index is 13.6. The molecule has 1 N–H and O–H groups in total. The van der Waals surface area contributed by atoms with E-state index >= 15 is 0 Å². The number of hydrogen-bond donors (Lipinski definition) is 1. The van der Waals surface area contributed by atoms with Crippen LogP contribution in [0.1, 0.15) is 27.6 Å². The Kier molecular flexibility index (Phi) is 4.33. The standard InChI is InChI=1S/C16H14FNO3/c1-10(19)12-8-7-11(21-2)9-15(12)18-16(20)13-5-3-4-6-14(13)17/h3-9H,1-2H3,(H,18,20). The second kappa shape index (κ2) is 6.17. The van der Waals surface area contributed by atoms with Crippen LogP contribution < -0.4 is 10.1 Å². The van der Waals surface area contributed by atoms with Gasteiger partial charge in [-0.1, -0.05) is 12.1 Å². The summed E-state index contributed by atoms with van der Waals surface area (Å²) in [5.74, 6) is -0.962. The Morgan fingerprint density at radius 3 is 2.43 bits per heavy atom. The summed E-state index contributed by atoms with van der Waals surface area (Å²) in [5, 5.41) is 2.54. The van der Waals surface area contributed by atoms with Crippen molar-refractivity contribution in [3.8, 4) is 5.75 Å². The molecule has 2 rings (SSSR count). The molecule has 0 aliphatic heterocycles. The maximum Gasteiger partial charge on any atom is 0.258 e. The second-order valence-corrected chi connectivity index (χ2v) is 4.40. The van der Waals surface area contributed by atoms with Gasteiger partial charge in [0.25, 0.3) is 5.91 Å². The van der Waals surface area contributed by atoms with Crippen LogP contribution >= 0.6 is 0 Å². The highest BCUT2D eigenvalue weighted by Gasteiger charge is 2.15. The molecule has 2 aromatic carbocycles. The average molecular weight is 287 g/mol. The van der Waals surface area contributed by atoms with Gasteiger partial charge in [-0.2, -0.15) is 0 Å². The van der Waals surface area contributed by atoms with Crippen molar-refractivity contribution in [2.45, 2.75) is 6.92 Å². The topological polar surface area (TPSA) is 55.4 Å². The van der Waals surface area contributed by atoms with Gasteiger partial charge >= 0.3 is 0 Å². The number of anilines is 1. The average Bonchev–Trinajstić information content (AvgIpc) is 2.47. The zero-order chi connectivity index (χ0) is 15.4. The molecular formula is C16H14FNO3. The number of rotatable bonds is 4. The molecule has 0 aliphatic carbocycles. The van der Waals surface area contributed by atoms with Crippen molar-refractivity contribution >= 4 is 17.4 Å². The van der Waals surface area contributed by atoms with E-state index in [9.17, 15) is 14.0 Å². The number of ketones is 1. The molecule has 0 heterocycles. The normalized spacial score (nSPS) is 10.0. The molecule has 0 saturated carbocycles. The molecule has 0 spiro atoms. The summed E-state index contributed by atoms with van der Waals surface area (Å²) < 4.78 is 18.7. The lowest BCUT2D eigenvalue weighted by atomic mass is 10.1. The van der Waals surface area contributed by atoms with E-state index in [1.165, 1.54) is 38.3 Å². The van der Waals surface area contributed by atoms with Crippen molar-refractivity contribution in [3.05, 3.63) is 59.4 Å². The van der Waals surface area contributed by atoms with Crippen molar-refractivity contribution in [2.75, 3.05) is 12.4 Å². The van der Waals surface area contributed by atoms with Gasteiger partial charge < -0.3 is 10.1 Å². The first-order valence-electron chi connectivity index (χ1n) is 6.27. The summed E-state index contributed by atoms with van der Waals surface area (Å²) in [6.07, 6.45) is 0. The lowest BCUT2D eigenvalue weighted by Crippen LogP contribution is -2.15. The molecule has 0 aliphatic rings. The van der Waals surface area contributed by atoms with Crippen LogP contribution in [0.2, 0.25) is 0 Å². The highest BCUT2D eigenvalue weighted by molar-refractivity contribution is 6.09. The van der Waals surface area contributed by atoms with Crippen LogP contribution in [0.25, 0.3) is 0 Å². The molecule has 0 radical (unpaired) electrons. The van der Waals surface area contributed by atoms with Crippen LogP contribution in [0.3, 0.4) is 0 Å². The summed E-state index contributed by atoms with van der Waals surface area (Å²) in [5.41, 5.74) is 0.533. The Hall–Kier alpha value is -2.69. The molecule has 108 valence electrons. The van der Waals surface area contributed by atoms with Crippen LogP contribution in [0.15, 0.2) is 42.5 Å². The molecule has 4 nitrogen and oxygen atoms in total. The molecule has 2 aromatic rings. The number of Topliss-reactive ketones (excluding diaryl/α,β-unsaturated/α-hetero) is 1. The Morgan fingerprint density at radius 2 is 1.81 bits per heavy atom. The van der Waals surface area contributed by atoms with Crippen LogP contribution in [0, 0.1) is 5.82 Å². The van der Waals surface area contributed by atoms with Gasteiger partial charge in [0.1, 0.15) is 11.6 Å². The van der Waals surface area contributed by atoms with E-state index in [0.717, 1.165) is 0 Å². The van der Waals surface area contributed by atoms with E-state index in [4.69, 9.17) is 4.74 Å². The lowest BCUT2D eigenvalue weighted by Gasteiger charge is -2.11. The summed E-state index contributed by atoms with van der Waals surface area (Å²) in [6.45, 7) is 1.39. The van der Waals surface area contributed by atoms with Crippen LogP contribution in [-0.2, 0) is 0 Å². The first kappa shape index (κ1) is 14.7. The molecule has 1 amide bonds. The highest BCUT2D eigenvalue weighted by atomic mass is 19.1. The third-order valence-electron chi connectivity index (χ3n) is 2.97. The molecule has 21 heavy (non-hydrogen) atoms. The van der Waals surface area contributed by atoms with Gasteiger partial charge in [0.05, 0.1) is 18.4 Å². The number of hydrogen-bond acceptors (Lipinski definition) is 3. The number of methoxy groups -OCH3 is 1. The predicted octanol–water partition coefficient (Wildman–Crippen LogP) is 3.29. The Balaban J connectivity index is 2.36. The minimum atomic E-state index is -0.623. The first-order valence-corrected chi connectivity index (χ1v) is 6.27. The van der Waals surface area contributed by atoms with Gasteiger partial charge in [-0.3, -0.25) is 9.59 Å². The number of halogens is 1. The van der Waals surface area contributed by atoms with E-state index in [1.807, 2.05) is 0 Å². The SMILES string of the molecule is COc1ccc(C(C)=O)c(NC(=O)c2ccccc2F)c1. The van der Waals surface area contributed by atoms with Gasteiger partial charge in [0.15, 0.2) is 5.78 Å². The smallest absolute Gasteiger partial charge is 0.258 e. The van der Waals surface area contributed by atoms with E-state index in [1.54, 1.807) is 18.2 Å². The molecule has 0 unspecified atom stereocenters. The number of carbonyl (C=O) groups excluding carboxylic acids is 2. The van der Waals surface area contributed by atoms with Gasteiger partial charge in [-0.15, -0.1) is 0 Å². The summed E-state index contributed by atoms with van der Waals surface area (Å²) in [6, 6.07) is 10.3. The Bertz CT molecular complexity index is 698. The largest absolute Gasteiger partial charge is 0.497 e. The van der Waals surface area contributed by atoms with E-state index in [2.05, 4.69) is 5.32 Å². The molecule has 5 heteroatoms. The summed E-state index contributed by atoms with van der Waals surface area (Å²) in [4.78, 5) is 23.7. The fourth-order valence-corrected chi connectivity index (χ4v) is 1.90. The van der Waals surface area contributed by atoms with Crippen molar-refractivity contribution < 1.29 is 18.7 Å². The van der Waals surface area contributed by atoms with Gasteiger partial charge in [-0.05, 0) is 31.2 Å². The van der Waals surface area contributed by atoms with Gasteiger partial charge in [0, 0.05) is 11.6 Å². The summed E-state index contributed by atoms with van der Waals surface area (Å²) in [7, 11) is 1.48. The number of amides is 1. The third-order valence-corrected chi connectivity index (χ3v) is 2.97. The number of carbonyl (C=O) groups is 2. The minimum Gasteiger partial charge on any atom is -0.497 e. The van der Waals surface area contributed by atoms with Crippen LogP contribution in [-0.4, -0.2) is 18.8 Å². The molecule has 0 aromatic heterocycles. The lowest BCUT2D eigenvalue weighted by molar-refractivity contribution is 0.101. The second-order valence-electron chi connectivity index (χ2n) is 4.40. The highest BCUT2D eigenvalue weighted by Crippen LogP contribution is 2.24. The number of nitrogens with one attached hydrogen (secondary N) is 1. The number of benzene rings is 2. The predicted molar refractivity (Wildman–Crippen MR) is 77.4 cm³/mol. The molecule has 0 fully saturated rings. The van der Waals surface area contributed by atoms with Crippen molar-refractivity contribution in [2.24, 2.45) is 0 Å². The third kappa shape index (κ3) is 3.25. The van der Waals surface area contributed by atoms with Crippen molar-refractivity contribution in [3.63, 3.8) is 0 Å². The maximum atomic E-state index is 13.6. The zero-order valence-corrected chi connectivity index (χ0v) is 11.6. The molecular weight excluding hydrogens is 273 g/mol. The van der Waals surface area contributed by atoms with Crippen molar-refractivity contribution in [1.82, 2.24) is 0 Å². The van der Waals surface area contributed by atoms with Crippen molar-refractivity contribution in [1.29, 1.82) is 0 Å². The molecule has 0 bridgehead atoms. The van der Waals surface area contributed by atoms with Gasteiger partial charge in [-0.25, -0.2) is 4.39 Å². The van der Waals surface area contributed by atoms with Gasteiger partial charge in [0.2, 0.25) is 0 Å². The van der Waals surface area contributed by atoms with Crippen LogP contribution in [0.5, 0.6) is 5.75 Å². The molecule has 0 saturated heterocycles. The Labute approximate surface area is 121 Å². The fourth-order valence-electron chi connectivity index (χ4n) is 1.90. The Morgan fingerprint density at radius 1 is 1.10 bits per heavy atom.